The molecule has 0 aliphatic carbocycles. The predicted octanol–water partition coefficient (Wildman–Crippen LogP) is 7.69. The molecule has 1 heterocycles. The average Bonchev–Trinajstić information content (AvgIpc) is 3.20. The smallest absolute Gasteiger partial charge is 0.141 e. The van der Waals surface area contributed by atoms with Crippen LogP contribution in [0.2, 0.25) is 0 Å². The number of rotatable bonds is 5. The van der Waals surface area contributed by atoms with Crippen LogP contribution in [0.15, 0.2) is 120 Å². The van der Waals surface area contributed by atoms with Gasteiger partial charge in [-0.3, -0.25) is 0 Å². The molecule has 150 valence electrons. The van der Waals surface area contributed by atoms with Crippen LogP contribution in [0.3, 0.4) is 0 Å². The maximum absolute atomic E-state index is 5.21. The van der Waals surface area contributed by atoms with Crippen LogP contribution in [0.4, 0.5) is 0 Å². The van der Waals surface area contributed by atoms with Gasteiger partial charge in [-0.05, 0) is 17.7 Å². The molecule has 0 saturated heterocycles. The van der Waals surface area contributed by atoms with Gasteiger partial charge < -0.3 is 4.57 Å². The summed E-state index contributed by atoms with van der Waals surface area (Å²) < 4.78 is 3.39. The molecule has 0 saturated carbocycles. The standard InChI is InChI=1S/C28H21BrN2/c29-25-18-10-17-24(19-25)28-30-26(22-13-6-2-7-14-22)27(23-15-8-3-9-16-23)31(28)20-21-11-4-1-5-12-21/h1-19H,20H2. The van der Waals surface area contributed by atoms with Gasteiger partial charge in [-0.2, -0.15) is 0 Å². The van der Waals surface area contributed by atoms with Crippen molar-refractivity contribution in [3.05, 3.63) is 125 Å². The van der Waals surface area contributed by atoms with Gasteiger partial charge in [0, 0.05) is 27.7 Å². The third-order valence-corrected chi connectivity index (χ3v) is 5.82. The summed E-state index contributed by atoms with van der Waals surface area (Å²) in [5.74, 6) is 0.961. The molecule has 0 radical (unpaired) electrons. The maximum Gasteiger partial charge on any atom is 0.141 e. The molecule has 0 N–H and O–H groups in total. The maximum atomic E-state index is 5.21. The number of halogens is 1. The number of hydrogen-bond acceptors (Lipinski definition) is 1. The predicted molar refractivity (Wildman–Crippen MR) is 132 cm³/mol. The van der Waals surface area contributed by atoms with Crippen molar-refractivity contribution in [2.24, 2.45) is 0 Å². The average molecular weight is 465 g/mol. The van der Waals surface area contributed by atoms with E-state index in [9.17, 15) is 0 Å². The molecule has 0 spiro atoms. The van der Waals surface area contributed by atoms with Gasteiger partial charge in [0.2, 0.25) is 0 Å². The van der Waals surface area contributed by atoms with Crippen LogP contribution < -0.4 is 0 Å². The zero-order chi connectivity index (χ0) is 21.0. The Bertz CT molecular complexity index is 1290. The van der Waals surface area contributed by atoms with E-state index in [4.69, 9.17) is 4.98 Å². The minimum absolute atomic E-state index is 0.743. The van der Waals surface area contributed by atoms with Crippen molar-refractivity contribution in [2.45, 2.75) is 6.54 Å². The van der Waals surface area contributed by atoms with Crippen molar-refractivity contribution >= 4 is 15.9 Å². The highest BCUT2D eigenvalue weighted by atomic mass is 79.9. The van der Waals surface area contributed by atoms with E-state index in [-0.39, 0.29) is 0 Å². The number of aromatic nitrogens is 2. The minimum atomic E-state index is 0.743. The monoisotopic (exact) mass is 464 g/mol. The third kappa shape index (κ3) is 4.10. The lowest BCUT2D eigenvalue weighted by Gasteiger charge is -2.14. The molecule has 0 fully saturated rings. The number of imidazole rings is 1. The Hall–Kier alpha value is -3.43. The van der Waals surface area contributed by atoms with E-state index in [0.29, 0.717) is 0 Å². The normalized spacial score (nSPS) is 10.9. The van der Waals surface area contributed by atoms with Crippen molar-refractivity contribution < 1.29 is 0 Å². The number of benzene rings is 4. The molecule has 5 rings (SSSR count). The molecule has 0 bridgehead atoms. The Balaban J connectivity index is 1.81. The molecular formula is C28H21BrN2. The van der Waals surface area contributed by atoms with E-state index in [2.05, 4.69) is 124 Å². The first-order valence-corrected chi connectivity index (χ1v) is 11.1. The second-order valence-corrected chi connectivity index (χ2v) is 8.36. The number of hydrogen-bond donors (Lipinski definition) is 0. The van der Waals surface area contributed by atoms with Crippen molar-refractivity contribution in [3.8, 4) is 33.9 Å². The van der Waals surface area contributed by atoms with E-state index in [0.717, 1.165) is 44.9 Å². The van der Waals surface area contributed by atoms with Gasteiger partial charge in [0.1, 0.15) is 5.82 Å². The summed E-state index contributed by atoms with van der Waals surface area (Å²) in [6, 6.07) is 39.9. The first-order chi connectivity index (χ1) is 15.3. The van der Waals surface area contributed by atoms with Crippen LogP contribution in [0.5, 0.6) is 0 Å². The minimum Gasteiger partial charge on any atom is -0.319 e. The summed E-state index contributed by atoms with van der Waals surface area (Å²) in [5, 5.41) is 0. The molecule has 0 aliphatic heterocycles. The highest BCUT2D eigenvalue weighted by Gasteiger charge is 2.21. The highest BCUT2D eigenvalue weighted by Crippen LogP contribution is 2.37. The third-order valence-electron chi connectivity index (χ3n) is 5.33. The summed E-state index contributed by atoms with van der Waals surface area (Å²) in [6.07, 6.45) is 0. The Labute approximate surface area is 191 Å². The van der Waals surface area contributed by atoms with Crippen LogP contribution in [0.1, 0.15) is 5.56 Å². The van der Waals surface area contributed by atoms with Crippen LogP contribution >= 0.6 is 15.9 Å². The van der Waals surface area contributed by atoms with Gasteiger partial charge in [-0.15, -0.1) is 0 Å². The lowest BCUT2D eigenvalue weighted by molar-refractivity contribution is 0.814. The van der Waals surface area contributed by atoms with E-state index >= 15 is 0 Å². The second-order valence-electron chi connectivity index (χ2n) is 7.45. The molecule has 1 aromatic heterocycles. The fraction of sp³-hybridized carbons (Fsp3) is 0.0357. The molecule has 31 heavy (non-hydrogen) atoms. The first-order valence-electron chi connectivity index (χ1n) is 10.3. The Morgan fingerprint density at radius 2 is 1.19 bits per heavy atom. The molecule has 0 unspecified atom stereocenters. The summed E-state index contributed by atoms with van der Waals surface area (Å²) >= 11 is 3.63. The largest absolute Gasteiger partial charge is 0.319 e. The zero-order valence-electron chi connectivity index (χ0n) is 16.9. The molecule has 4 aromatic carbocycles. The molecular weight excluding hydrogens is 444 g/mol. The summed E-state index contributed by atoms with van der Waals surface area (Å²) in [6.45, 7) is 0.743. The van der Waals surface area contributed by atoms with E-state index in [1.54, 1.807) is 0 Å². The van der Waals surface area contributed by atoms with E-state index < -0.39 is 0 Å². The summed E-state index contributed by atoms with van der Waals surface area (Å²) in [7, 11) is 0. The molecule has 3 heteroatoms. The summed E-state index contributed by atoms with van der Waals surface area (Å²) in [5.41, 5.74) is 6.73. The van der Waals surface area contributed by atoms with Gasteiger partial charge in [-0.1, -0.05) is 119 Å². The van der Waals surface area contributed by atoms with Gasteiger partial charge >= 0.3 is 0 Å². The van der Waals surface area contributed by atoms with Crippen LogP contribution in [-0.4, -0.2) is 9.55 Å². The molecule has 0 amide bonds. The molecule has 2 nitrogen and oxygen atoms in total. The fourth-order valence-corrected chi connectivity index (χ4v) is 4.31. The lowest BCUT2D eigenvalue weighted by Crippen LogP contribution is -2.04. The van der Waals surface area contributed by atoms with Crippen molar-refractivity contribution in [3.63, 3.8) is 0 Å². The molecule has 0 atom stereocenters. The van der Waals surface area contributed by atoms with Crippen LogP contribution in [-0.2, 0) is 6.54 Å². The van der Waals surface area contributed by atoms with Crippen molar-refractivity contribution in [2.75, 3.05) is 0 Å². The van der Waals surface area contributed by atoms with E-state index in [1.807, 2.05) is 12.1 Å². The fourth-order valence-electron chi connectivity index (χ4n) is 3.91. The Morgan fingerprint density at radius 3 is 1.84 bits per heavy atom. The molecule has 0 aliphatic rings. The first kappa shape index (κ1) is 19.5. The van der Waals surface area contributed by atoms with Crippen molar-refractivity contribution in [1.29, 1.82) is 0 Å². The highest BCUT2D eigenvalue weighted by molar-refractivity contribution is 9.10. The topological polar surface area (TPSA) is 17.8 Å². The lowest BCUT2D eigenvalue weighted by atomic mass is 10.0. The summed E-state index contributed by atoms with van der Waals surface area (Å²) in [4.78, 5) is 5.21. The molecule has 5 aromatic rings. The van der Waals surface area contributed by atoms with Gasteiger partial charge in [-0.25, -0.2) is 4.98 Å². The van der Waals surface area contributed by atoms with Gasteiger partial charge in [0.25, 0.3) is 0 Å². The Morgan fingerprint density at radius 1 is 0.613 bits per heavy atom. The van der Waals surface area contributed by atoms with Crippen LogP contribution in [0.25, 0.3) is 33.9 Å². The van der Waals surface area contributed by atoms with Crippen molar-refractivity contribution in [1.82, 2.24) is 9.55 Å². The Kier molecular flexibility index (Phi) is 5.51. The second kappa shape index (κ2) is 8.75. The van der Waals surface area contributed by atoms with Gasteiger partial charge in [0.05, 0.1) is 11.4 Å². The number of nitrogens with zero attached hydrogens (tertiary/aromatic N) is 2. The zero-order valence-corrected chi connectivity index (χ0v) is 18.5. The SMILES string of the molecule is Brc1cccc(-c2nc(-c3ccccc3)c(-c3ccccc3)n2Cc2ccccc2)c1. The van der Waals surface area contributed by atoms with Gasteiger partial charge in [0.15, 0.2) is 0 Å². The quantitative estimate of drug-likeness (QED) is 0.260. The van der Waals surface area contributed by atoms with Crippen LogP contribution in [0, 0.1) is 0 Å². The van der Waals surface area contributed by atoms with E-state index in [1.165, 1.54) is 5.56 Å².